The summed E-state index contributed by atoms with van der Waals surface area (Å²) in [7, 11) is 0. The Kier molecular flexibility index (Phi) is 4.98. The number of carbonyl (C=O) groups is 1. The van der Waals surface area contributed by atoms with Gasteiger partial charge in [-0.3, -0.25) is 4.79 Å². The average Bonchev–Trinajstić information content (AvgIpc) is 2.92. The van der Waals surface area contributed by atoms with Gasteiger partial charge >= 0.3 is 5.97 Å². The lowest BCUT2D eigenvalue weighted by atomic mass is 9.84. The Hall–Kier alpha value is -2.24. The smallest absolute Gasteiger partial charge is 0.303 e. The number of hydrogen-bond donors (Lipinski definition) is 0. The van der Waals surface area contributed by atoms with Gasteiger partial charge in [-0.15, -0.1) is 0 Å². The maximum atomic E-state index is 14.1. The van der Waals surface area contributed by atoms with Gasteiger partial charge < -0.3 is 14.2 Å². The third-order valence-electron chi connectivity index (χ3n) is 5.49. The Morgan fingerprint density at radius 3 is 2.64 bits per heavy atom. The third kappa shape index (κ3) is 3.82. The fraction of sp³-hybridized carbons (Fsp3) is 0.435. The predicted molar refractivity (Wildman–Crippen MR) is 102 cm³/mol. The molecule has 2 aromatic rings. The van der Waals surface area contributed by atoms with Gasteiger partial charge in [0.2, 0.25) is 0 Å². The van der Waals surface area contributed by atoms with Crippen LogP contribution in [0.5, 0.6) is 0 Å². The normalized spacial score (nSPS) is 25.5. The molecule has 1 saturated heterocycles. The highest BCUT2D eigenvalue weighted by Gasteiger charge is 2.40. The van der Waals surface area contributed by atoms with Gasteiger partial charge in [-0.05, 0) is 61.1 Å². The van der Waals surface area contributed by atoms with Crippen molar-refractivity contribution in [3.63, 3.8) is 0 Å². The van der Waals surface area contributed by atoms with Gasteiger partial charge in [-0.2, -0.15) is 0 Å². The lowest BCUT2D eigenvalue weighted by Gasteiger charge is -2.29. The van der Waals surface area contributed by atoms with Gasteiger partial charge in [-0.25, -0.2) is 4.39 Å². The minimum absolute atomic E-state index is 0.124. The maximum Gasteiger partial charge on any atom is 0.303 e. The number of fused-ring (bicyclic) bond motifs is 2. The van der Waals surface area contributed by atoms with Gasteiger partial charge in [0.05, 0.1) is 12.7 Å². The van der Waals surface area contributed by atoms with Crippen molar-refractivity contribution >= 4 is 5.97 Å². The molecule has 0 spiro atoms. The van der Waals surface area contributed by atoms with E-state index < -0.39 is 11.9 Å². The summed E-state index contributed by atoms with van der Waals surface area (Å²) >= 11 is 0. The van der Waals surface area contributed by atoms with Crippen molar-refractivity contribution in [2.45, 2.75) is 57.5 Å². The van der Waals surface area contributed by atoms with Gasteiger partial charge in [0, 0.05) is 12.8 Å². The van der Waals surface area contributed by atoms with Crippen LogP contribution in [0.1, 0.15) is 61.5 Å². The topological polar surface area (TPSA) is 44.8 Å². The Morgan fingerprint density at radius 2 is 1.93 bits per heavy atom. The second-order valence-electron chi connectivity index (χ2n) is 8.04. The molecule has 2 aliphatic rings. The fourth-order valence-corrected chi connectivity index (χ4v) is 4.37. The zero-order valence-corrected chi connectivity index (χ0v) is 16.4. The second-order valence-corrected chi connectivity index (χ2v) is 8.04. The van der Waals surface area contributed by atoms with Crippen molar-refractivity contribution in [2.24, 2.45) is 0 Å². The van der Waals surface area contributed by atoms with Crippen LogP contribution in [0.3, 0.4) is 0 Å². The van der Waals surface area contributed by atoms with Crippen LogP contribution in [0.15, 0.2) is 42.5 Å². The van der Waals surface area contributed by atoms with Crippen molar-refractivity contribution < 1.29 is 23.4 Å². The van der Waals surface area contributed by atoms with Crippen LogP contribution >= 0.6 is 0 Å². The lowest BCUT2D eigenvalue weighted by molar-refractivity contribution is -0.151. The summed E-state index contributed by atoms with van der Waals surface area (Å²) in [6.45, 7) is 5.66. The Balaban J connectivity index is 1.80. The number of ether oxygens (including phenoxy) is 3. The molecule has 0 bridgehead atoms. The minimum atomic E-state index is -0.629. The number of carbonyl (C=O) groups excluding carboxylic acids is 1. The number of halogens is 1. The second kappa shape index (κ2) is 7.30. The van der Waals surface area contributed by atoms with Crippen LogP contribution < -0.4 is 0 Å². The molecule has 0 radical (unpaired) electrons. The Morgan fingerprint density at radius 1 is 1.18 bits per heavy atom. The molecule has 0 N–H and O–H groups in total. The molecule has 5 heteroatoms. The van der Waals surface area contributed by atoms with E-state index in [1.807, 2.05) is 26.0 Å². The molecule has 0 saturated carbocycles. The van der Waals surface area contributed by atoms with E-state index in [2.05, 4.69) is 12.1 Å². The van der Waals surface area contributed by atoms with Crippen molar-refractivity contribution in [1.82, 2.24) is 0 Å². The van der Waals surface area contributed by atoms with E-state index in [1.165, 1.54) is 19.1 Å². The SMILES string of the molecule is CC(=O)O[C@H]1c2cc(F)ccc2Cc2ccccc2[C@H]1C[C@@H]1COC(C)(C)O1. The zero-order valence-electron chi connectivity index (χ0n) is 16.4. The van der Waals surface area contributed by atoms with Gasteiger partial charge in [-0.1, -0.05) is 30.3 Å². The highest BCUT2D eigenvalue weighted by atomic mass is 19.1. The molecule has 4 nitrogen and oxygen atoms in total. The summed E-state index contributed by atoms with van der Waals surface area (Å²) < 4.78 is 31.7. The van der Waals surface area contributed by atoms with Crippen LogP contribution in [0.4, 0.5) is 4.39 Å². The van der Waals surface area contributed by atoms with E-state index in [-0.39, 0.29) is 23.8 Å². The van der Waals surface area contributed by atoms with E-state index in [9.17, 15) is 9.18 Å². The Bertz CT molecular complexity index is 892. The summed E-state index contributed by atoms with van der Waals surface area (Å²) in [5.41, 5.74) is 3.98. The molecule has 4 rings (SSSR count). The monoisotopic (exact) mass is 384 g/mol. The summed E-state index contributed by atoms with van der Waals surface area (Å²) in [4.78, 5) is 11.9. The first kappa shape index (κ1) is 19.1. The molecule has 2 aromatic carbocycles. The number of esters is 1. The quantitative estimate of drug-likeness (QED) is 0.722. The zero-order chi connectivity index (χ0) is 19.9. The van der Waals surface area contributed by atoms with Gasteiger partial charge in [0.25, 0.3) is 0 Å². The molecule has 1 heterocycles. The Labute approximate surface area is 164 Å². The van der Waals surface area contributed by atoms with Crippen LogP contribution in [0.2, 0.25) is 0 Å². The van der Waals surface area contributed by atoms with E-state index in [4.69, 9.17) is 14.2 Å². The number of rotatable bonds is 3. The van der Waals surface area contributed by atoms with Gasteiger partial charge in [0.1, 0.15) is 11.9 Å². The summed E-state index contributed by atoms with van der Waals surface area (Å²) in [6.07, 6.45) is 0.599. The standard InChI is InChI=1S/C23H25FO4/c1-14(25)27-22-20-11-17(24)9-8-16(20)10-15-6-4-5-7-19(15)21(22)12-18-13-26-23(2,3)28-18/h4-9,11,18,21-22H,10,12-13H2,1-3H3/t18-,21-,22+/m1/s1. The first-order valence-corrected chi connectivity index (χ1v) is 9.67. The molecule has 0 amide bonds. The van der Waals surface area contributed by atoms with Crippen LogP contribution in [0.25, 0.3) is 0 Å². The van der Waals surface area contributed by atoms with Crippen molar-refractivity contribution in [2.75, 3.05) is 6.61 Å². The molecule has 1 aliphatic carbocycles. The molecular weight excluding hydrogens is 359 g/mol. The molecule has 28 heavy (non-hydrogen) atoms. The molecular formula is C23H25FO4. The molecule has 1 fully saturated rings. The maximum absolute atomic E-state index is 14.1. The third-order valence-corrected chi connectivity index (χ3v) is 5.49. The van der Waals surface area contributed by atoms with E-state index >= 15 is 0 Å². The van der Waals surface area contributed by atoms with Crippen molar-refractivity contribution in [3.8, 4) is 0 Å². The highest BCUT2D eigenvalue weighted by Crippen LogP contribution is 2.45. The first-order chi connectivity index (χ1) is 13.3. The highest BCUT2D eigenvalue weighted by molar-refractivity contribution is 5.66. The van der Waals surface area contributed by atoms with E-state index in [0.29, 0.717) is 19.4 Å². The summed E-state index contributed by atoms with van der Waals surface area (Å²) in [5.74, 6) is -1.49. The van der Waals surface area contributed by atoms with Crippen molar-refractivity contribution in [3.05, 3.63) is 70.5 Å². The van der Waals surface area contributed by atoms with Crippen LogP contribution in [-0.2, 0) is 25.4 Å². The molecule has 0 aromatic heterocycles. The molecule has 3 atom stereocenters. The molecule has 148 valence electrons. The lowest BCUT2D eigenvalue weighted by Crippen LogP contribution is -2.25. The summed E-state index contributed by atoms with van der Waals surface area (Å²) in [5, 5.41) is 0. The minimum Gasteiger partial charge on any atom is -0.457 e. The number of hydrogen-bond acceptors (Lipinski definition) is 4. The van der Waals surface area contributed by atoms with E-state index in [1.54, 1.807) is 6.07 Å². The first-order valence-electron chi connectivity index (χ1n) is 9.67. The van der Waals surface area contributed by atoms with Crippen LogP contribution in [0, 0.1) is 5.82 Å². The van der Waals surface area contributed by atoms with E-state index in [0.717, 1.165) is 22.3 Å². The van der Waals surface area contributed by atoms with Crippen molar-refractivity contribution in [1.29, 1.82) is 0 Å². The van der Waals surface area contributed by atoms with Gasteiger partial charge in [0.15, 0.2) is 5.79 Å². The summed E-state index contributed by atoms with van der Waals surface area (Å²) in [6, 6.07) is 12.9. The fourth-order valence-electron chi connectivity index (χ4n) is 4.37. The largest absolute Gasteiger partial charge is 0.457 e. The average molecular weight is 384 g/mol. The predicted octanol–water partition coefficient (Wildman–Crippen LogP) is 4.66. The molecule has 0 unspecified atom stereocenters. The van der Waals surface area contributed by atoms with Crippen LogP contribution in [-0.4, -0.2) is 24.5 Å². The molecule has 1 aliphatic heterocycles. The number of benzene rings is 2.